The fourth-order valence-corrected chi connectivity index (χ4v) is 2.77. The topological polar surface area (TPSA) is 81.2 Å². The Morgan fingerprint density at radius 2 is 1.95 bits per heavy atom. The molecule has 2 aromatic rings. The highest BCUT2D eigenvalue weighted by Gasteiger charge is 2.28. The van der Waals surface area contributed by atoms with Crippen LogP contribution in [-0.2, 0) is 0 Å². The van der Waals surface area contributed by atoms with Gasteiger partial charge in [0, 0.05) is 17.8 Å². The van der Waals surface area contributed by atoms with E-state index in [2.05, 4.69) is 5.32 Å². The van der Waals surface area contributed by atoms with Crippen LogP contribution in [0.2, 0.25) is 0 Å². The summed E-state index contributed by atoms with van der Waals surface area (Å²) in [6.45, 7) is 0. The van der Waals surface area contributed by atoms with Gasteiger partial charge in [-0.3, -0.25) is 10.1 Å². The Morgan fingerprint density at radius 3 is 2.67 bits per heavy atom. The second kappa shape index (κ2) is 5.14. The molecule has 2 aromatic carbocycles. The largest absolute Gasteiger partial charge is 0.378 e. The lowest BCUT2D eigenvalue weighted by Gasteiger charge is -2.15. The van der Waals surface area contributed by atoms with Gasteiger partial charge >= 0.3 is 0 Å². The van der Waals surface area contributed by atoms with Crippen LogP contribution in [0.15, 0.2) is 42.5 Å². The van der Waals surface area contributed by atoms with E-state index in [0.717, 1.165) is 17.2 Å². The number of hydrogen-bond donors (Lipinski definition) is 2. The van der Waals surface area contributed by atoms with Crippen molar-refractivity contribution in [3.8, 4) is 0 Å². The van der Waals surface area contributed by atoms with Gasteiger partial charge in [-0.2, -0.15) is 0 Å². The van der Waals surface area contributed by atoms with Crippen molar-refractivity contribution in [2.45, 2.75) is 18.5 Å². The highest BCUT2D eigenvalue weighted by molar-refractivity contribution is 5.54. The first-order valence-corrected chi connectivity index (χ1v) is 6.60. The summed E-state index contributed by atoms with van der Waals surface area (Å²) in [4.78, 5) is 10.2. The van der Waals surface area contributed by atoms with Crippen molar-refractivity contribution in [1.82, 2.24) is 0 Å². The maximum atomic E-state index is 13.5. The van der Waals surface area contributed by atoms with Gasteiger partial charge in [0.2, 0.25) is 0 Å². The van der Waals surface area contributed by atoms with E-state index in [9.17, 15) is 14.5 Å². The molecule has 2 unspecified atom stereocenters. The molecule has 3 rings (SSSR count). The van der Waals surface area contributed by atoms with Crippen molar-refractivity contribution >= 4 is 11.4 Å². The fraction of sp³-hybridized carbons (Fsp3) is 0.200. The average Bonchev–Trinajstić information content (AvgIpc) is 2.75. The van der Waals surface area contributed by atoms with Crippen LogP contribution in [0.3, 0.4) is 0 Å². The van der Waals surface area contributed by atoms with Crippen LogP contribution in [0, 0.1) is 15.9 Å². The van der Waals surface area contributed by atoms with Crippen LogP contribution < -0.4 is 11.1 Å². The molecule has 0 bridgehead atoms. The van der Waals surface area contributed by atoms with E-state index in [0.29, 0.717) is 12.1 Å². The van der Waals surface area contributed by atoms with Crippen LogP contribution in [0.25, 0.3) is 0 Å². The normalized spacial score (nSPS) is 20.1. The van der Waals surface area contributed by atoms with Gasteiger partial charge in [-0.25, -0.2) is 4.39 Å². The number of fused-ring (bicyclic) bond motifs is 1. The molecule has 5 nitrogen and oxygen atoms in total. The molecule has 0 heterocycles. The van der Waals surface area contributed by atoms with Crippen molar-refractivity contribution < 1.29 is 9.31 Å². The van der Waals surface area contributed by atoms with E-state index in [1.165, 1.54) is 12.1 Å². The first-order valence-electron chi connectivity index (χ1n) is 6.60. The molecule has 0 radical (unpaired) electrons. The Kier molecular flexibility index (Phi) is 3.31. The first kappa shape index (κ1) is 13.5. The zero-order valence-corrected chi connectivity index (χ0v) is 11.1. The van der Waals surface area contributed by atoms with Crippen LogP contribution in [0.5, 0.6) is 0 Å². The second-order valence-electron chi connectivity index (χ2n) is 5.12. The molecule has 2 atom stereocenters. The summed E-state index contributed by atoms with van der Waals surface area (Å²) in [6, 6.07) is 11.1. The molecule has 21 heavy (non-hydrogen) atoms. The van der Waals surface area contributed by atoms with Crippen molar-refractivity contribution in [2.24, 2.45) is 5.73 Å². The van der Waals surface area contributed by atoms with Crippen molar-refractivity contribution in [3.63, 3.8) is 0 Å². The molecular weight excluding hydrogens is 273 g/mol. The summed E-state index contributed by atoms with van der Waals surface area (Å²) in [6.07, 6.45) is 0.670. The number of nitrogens with zero attached hydrogens (tertiary/aromatic N) is 1. The number of nitro groups is 1. The minimum absolute atomic E-state index is 0.0717. The predicted octanol–water partition coefficient (Wildman–Crippen LogP) is 3.29. The molecule has 0 fully saturated rings. The monoisotopic (exact) mass is 287 g/mol. The zero-order valence-electron chi connectivity index (χ0n) is 11.1. The molecule has 1 aliphatic rings. The second-order valence-corrected chi connectivity index (χ2v) is 5.12. The number of halogens is 1. The lowest BCUT2D eigenvalue weighted by molar-refractivity contribution is -0.385. The molecule has 6 heteroatoms. The van der Waals surface area contributed by atoms with Gasteiger partial charge in [0.15, 0.2) is 0 Å². The number of nitrogens with two attached hydrogens (primary N) is 1. The van der Waals surface area contributed by atoms with E-state index in [-0.39, 0.29) is 17.8 Å². The van der Waals surface area contributed by atoms with Gasteiger partial charge in [-0.1, -0.05) is 24.3 Å². The fourth-order valence-electron chi connectivity index (χ4n) is 2.77. The number of non-ortho nitro benzene ring substituents is 1. The van der Waals surface area contributed by atoms with Crippen molar-refractivity contribution in [2.75, 3.05) is 5.32 Å². The standard InChI is InChI=1S/C15H14FN3O2/c16-9-5-10(7-11(6-9)19(20)21)18-15-8-14(17)12-3-1-2-4-13(12)15/h1-7,14-15,18H,8,17H2. The Hall–Kier alpha value is -2.47. The van der Waals surface area contributed by atoms with Gasteiger partial charge in [0.1, 0.15) is 5.82 Å². The summed E-state index contributed by atoms with van der Waals surface area (Å²) >= 11 is 0. The van der Waals surface area contributed by atoms with Gasteiger partial charge in [-0.05, 0) is 23.6 Å². The molecule has 1 aliphatic carbocycles. The number of hydrogen-bond acceptors (Lipinski definition) is 4. The maximum absolute atomic E-state index is 13.5. The summed E-state index contributed by atoms with van der Waals surface area (Å²) in [5.41, 5.74) is 8.30. The van der Waals surface area contributed by atoms with Crippen molar-refractivity contribution in [3.05, 3.63) is 69.5 Å². The third kappa shape index (κ3) is 2.57. The lowest BCUT2D eigenvalue weighted by Crippen LogP contribution is -2.10. The van der Waals surface area contributed by atoms with Crippen LogP contribution in [0.1, 0.15) is 29.6 Å². The summed E-state index contributed by atoms with van der Waals surface area (Å²) in [5.74, 6) is -0.637. The average molecular weight is 287 g/mol. The van der Waals surface area contributed by atoms with Gasteiger partial charge < -0.3 is 11.1 Å². The van der Waals surface area contributed by atoms with Crippen LogP contribution >= 0.6 is 0 Å². The molecule has 0 amide bonds. The van der Waals surface area contributed by atoms with E-state index in [1.807, 2.05) is 24.3 Å². The minimum atomic E-state index is -0.637. The Balaban J connectivity index is 1.90. The molecule has 0 aromatic heterocycles. The molecule has 0 saturated carbocycles. The summed E-state index contributed by atoms with van der Waals surface area (Å²) < 4.78 is 13.5. The smallest absolute Gasteiger partial charge is 0.274 e. The zero-order chi connectivity index (χ0) is 15.0. The van der Waals surface area contributed by atoms with Gasteiger partial charge in [-0.15, -0.1) is 0 Å². The van der Waals surface area contributed by atoms with Gasteiger partial charge in [0.25, 0.3) is 5.69 Å². The highest BCUT2D eigenvalue weighted by atomic mass is 19.1. The van der Waals surface area contributed by atoms with Crippen LogP contribution in [0.4, 0.5) is 15.8 Å². The summed E-state index contributed by atoms with van der Waals surface area (Å²) in [7, 11) is 0. The molecular formula is C15H14FN3O2. The number of nitro benzene ring substituents is 1. The predicted molar refractivity (Wildman–Crippen MR) is 77.4 cm³/mol. The molecule has 0 spiro atoms. The molecule has 108 valence electrons. The Bertz CT molecular complexity index is 705. The quantitative estimate of drug-likeness (QED) is 0.670. The first-order chi connectivity index (χ1) is 10.0. The minimum Gasteiger partial charge on any atom is -0.378 e. The third-order valence-electron chi connectivity index (χ3n) is 3.69. The molecule has 0 saturated heterocycles. The van der Waals surface area contributed by atoms with E-state index in [4.69, 9.17) is 5.73 Å². The maximum Gasteiger partial charge on any atom is 0.274 e. The van der Waals surface area contributed by atoms with Crippen LogP contribution in [-0.4, -0.2) is 4.92 Å². The van der Waals surface area contributed by atoms with Gasteiger partial charge in [0.05, 0.1) is 17.0 Å². The third-order valence-corrected chi connectivity index (χ3v) is 3.69. The summed E-state index contributed by atoms with van der Waals surface area (Å²) in [5, 5.41) is 13.9. The number of anilines is 1. The SMILES string of the molecule is NC1CC(Nc2cc(F)cc([N+](=O)[O-])c2)c2ccccc21. The Morgan fingerprint density at radius 1 is 1.24 bits per heavy atom. The molecule has 0 aliphatic heterocycles. The highest BCUT2D eigenvalue weighted by Crippen LogP contribution is 2.39. The van der Waals surface area contributed by atoms with Crippen molar-refractivity contribution in [1.29, 1.82) is 0 Å². The van der Waals surface area contributed by atoms with E-state index < -0.39 is 10.7 Å². The van der Waals surface area contributed by atoms with E-state index in [1.54, 1.807) is 0 Å². The van der Waals surface area contributed by atoms with E-state index >= 15 is 0 Å². The number of nitrogens with one attached hydrogen (secondary N) is 1. The Labute approximate surface area is 120 Å². The number of rotatable bonds is 3. The number of benzene rings is 2. The molecule has 3 N–H and O–H groups in total. The lowest BCUT2D eigenvalue weighted by atomic mass is 10.1.